The number of likely N-dealkylation sites (tertiary alicyclic amines) is 3. The van der Waals surface area contributed by atoms with Crippen LogP contribution in [0.1, 0.15) is 106 Å². The van der Waals surface area contributed by atoms with Crippen molar-refractivity contribution < 1.29 is 54.9 Å². The fourth-order valence-electron chi connectivity index (χ4n) is 8.42. The second-order valence-electron chi connectivity index (χ2n) is 23.4. The number of ether oxygens (including phenoxy) is 4. The number of aliphatic imine (C=N–C) groups is 6. The van der Waals surface area contributed by atoms with Crippen LogP contribution in [0.25, 0.3) is 0 Å². The first-order valence-electron chi connectivity index (χ1n) is 32.4. The summed E-state index contributed by atoms with van der Waals surface area (Å²) in [5, 5.41) is 4.15. The molecule has 0 radical (unpaired) electrons. The van der Waals surface area contributed by atoms with Gasteiger partial charge in [0.1, 0.15) is 16.2 Å². The number of carbonyl (C=O) groups is 2. The van der Waals surface area contributed by atoms with Crippen LogP contribution in [0.5, 0.6) is 0 Å². The molecule has 13 aliphatic heterocycles. The highest BCUT2D eigenvalue weighted by atomic mass is 32.2. The number of methoxy groups -OCH3 is 1. The molecule has 7 saturated heterocycles. The van der Waals surface area contributed by atoms with Gasteiger partial charge in [-0.15, -0.1) is 35.3 Å². The van der Waals surface area contributed by atoms with Gasteiger partial charge in [-0.05, 0) is 160 Å². The maximum absolute atomic E-state index is 11.8. The normalized spacial score (nSPS) is 24.0. The number of hydrogen-bond donors (Lipinski definition) is 1. The number of amides is 2. The molecule has 0 aliphatic carbocycles. The molecule has 13 heterocycles. The van der Waals surface area contributed by atoms with Crippen molar-refractivity contribution in [1.82, 2.24) is 39.6 Å². The Balaban J connectivity index is 0.000000511. The van der Waals surface area contributed by atoms with E-state index >= 15 is 0 Å². The summed E-state index contributed by atoms with van der Waals surface area (Å²) in [7, 11) is 15.9. The number of hydrogen-bond acceptors (Lipinski definition) is 24. The van der Waals surface area contributed by atoms with Crippen molar-refractivity contribution in [1.29, 1.82) is 0 Å². The topological polar surface area (TPSA) is 180 Å². The summed E-state index contributed by atoms with van der Waals surface area (Å²) in [6.45, 7) is 30.0. The van der Waals surface area contributed by atoms with Crippen LogP contribution in [0.4, 0.5) is 31.1 Å². The van der Waals surface area contributed by atoms with Crippen molar-refractivity contribution in [3.05, 3.63) is 0 Å². The Bertz CT molecular complexity index is 2160. The van der Waals surface area contributed by atoms with Crippen molar-refractivity contribution in [3.8, 4) is 0 Å². The standard InChI is InChI=1S/C7H15NO.2C5H6F3NS.C5H10N2.C5H9NO.C5H9NS.C5H11N.C5H9N.C4H7NO2.C4H5NOS2.C4H9NO.C4H9NS.C4H9N/c1-8-5-3-4-7(8)6-9-2;1-3-9-4(2-10-3)5(6,7)8;1-3-9-2-4(10-3)5(6,7)8;3*1-5-6-3-2-4-7-5;1-6-4-2-3-5-6;1-5-3-2-4-6-5;1-5-2-3-7-4(5)6;1-5-3(6)2-8-4(5)7;2*1-5-2-3-6-4-5;1-5-3-2-4-5/h7H,3-6H2,1-2H3;2*4H,2H2,1H3;2-4H2,1H3,(H,6,7);2*2-4H2,1H3;2-5H2,1H3;2-4H2,1H3;2-3H2,1H3;2H2,1H3;2*2-4H2,1H3;2-4H2,1H3. The van der Waals surface area contributed by atoms with Crippen molar-refractivity contribution in [2.75, 3.05) is 210 Å². The molecule has 13 rings (SSSR count). The average Bonchev–Trinajstić information content (AvgIpc) is 1.81. The van der Waals surface area contributed by atoms with Crippen LogP contribution in [0.3, 0.4) is 0 Å². The second-order valence-corrected chi connectivity index (χ2v) is 30.0. The number of likely N-dealkylation sites (N-methyl/N-ethyl adjacent to an activating group) is 3. The minimum Gasteiger partial charge on any atom is -0.481 e. The number of alkyl halides is 6. The molecule has 0 aromatic heterocycles. The van der Waals surface area contributed by atoms with Crippen molar-refractivity contribution in [3.63, 3.8) is 0 Å². The third kappa shape index (κ3) is 47.5. The van der Waals surface area contributed by atoms with E-state index in [9.17, 15) is 35.9 Å². The number of thiocarbonyl (C=S) groups is 1. The highest BCUT2D eigenvalue weighted by Crippen LogP contribution is 2.35. The van der Waals surface area contributed by atoms with Gasteiger partial charge in [0, 0.05) is 115 Å². The van der Waals surface area contributed by atoms with Gasteiger partial charge in [0.25, 0.3) is 0 Å². The average molecular weight is 1460 g/mol. The van der Waals surface area contributed by atoms with Crippen LogP contribution in [-0.4, -0.2) is 323 Å². The van der Waals surface area contributed by atoms with E-state index in [4.69, 9.17) is 26.4 Å². The summed E-state index contributed by atoms with van der Waals surface area (Å²) in [5.41, 5.74) is 1.33. The molecule has 546 valence electrons. The number of thioether (sulfide) groups is 5. The number of halogens is 6. The molecule has 0 spiro atoms. The molecule has 20 nitrogen and oxygen atoms in total. The van der Waals surface area contributed by atoms with Gasteiger partial charge in [0.2, 0.25) is 5.91 Å². The van der Waals surface area contributed by atoms with E-state index in [1.165, 1.54) is 142 Å². The smallest absolute Gasteiger partial charge is 0.411 e. The fraction of sp³-hybridized carbons (Fsp3) is 0.855. The summed E-state index contributed by atoms with van der Waals surface area (Å²) < 4.78 is 91.3. The lowest BCUT2D eigenvalue weighted by Gasteiger charge is -2.24. The van der Waals surface area contributed by atoms with E-state index in [0.717, 1.165) is 114 Å². The lowest BCUT2D eigenvalue weighted by molar-refractivity contribution is -0.141. The summed E-state index contributed by atoms with van der Waals surface area (Å²) >= 11 is 12.0. The number of nitrogens with one attached hydrogen (secondary N) is 1. The zero-order valence-corrected chi connectivity index (χ0v) is 63.7. The molecule has 3 atom stereocenters. The Morgan fingerprint density at radius 3 is 1.51 bits per heavy atom. The zero-order chi connectivity index (χ0) is 70.3. The molecule has 94 heavy (non-hydrogen) atoms. The Kier molecular flexibility index (Phi) is 50.9. The lowest BCUT2D eigenvalue weighted by Crippen LogP contribution is -2.32. The Hall–Kier alpha value is -2.50. The molecular weight excluding hydrogens is 1340 g/mol. The second kappa shape index (κ2) is 53.4. The van der Waals surface area contributed by atoms with Crippen LogP contribution in [-0.2, 0) is 23.7 Å². The number of carbonyl (C=O) groups excluding carboxylic acids is 2. The van der Waals surface area contributed by atoms with Crippen molar-refractivity contribution in [2.45, 2.75) is 135 Å². The number of rotatable bonds is 2. The van der Waals surface area contributed by atoms with E-state index in [2.05, 4.69) is 107 Å². The van der Waals surface area contributed by atoms with Gasteiger partial charge in [-0.1, -0.05) is 35.7 Å². The quantitative estimate of drug-likeness (QED) is 0.204. The van der Waals surface area contributed by atoms with Gasteiger partial charge in [-0.2, -0.15) is 26.3 Å². The summed E-state index contributed by atoms with van der Waals surface area (Å²) in [5.74, 6) is 6.45. The van der Waals surface area contributed by atoms with Gasteiger partial charge in [-0.25, -0.2) is 4.79 Å². The minimum absolute atomic E-state index is 0.0509. The van der Waals surface area contributed by atoms with Crippen LogP contribution < -0.4 is 5.32 Å². The molecule has 1 N–H and O–H groups in total. The summed E-state index contributed by atoms with van der Waals surface area (Å²) in [6.07, 6.45) is 4.50. The minimum atomic E-state index is -4.15. The van der Waals surface area contributed by atoms with E-state index < -0.39 is 23.6 Å². The van der Waals surface area contributed by atoms with E-state index in [-0.39, 0.29) is 24.3 Å². The molecule has 0 aromatic rings. The van der Waals surface area contributed by atoms with Gasteiger partial charge >= 0.3 is 18.4 Å². The number of cyclic esters (lactones) is 1. The first kappa shape index (κ1) is 89.5. The molecule has 7 fully saturated rings. The fourth-order valence-corrected chi connectivity index (χ4v) is 12.9. The van der Waals surface area contributed by atoms with Crippen LogP contribution in [0.15, 0.2) is 30.0 Å². The van der Waals surface area contributed by atoms with Gasteiger partial charge < -0.3 is 48.8 Å². The highest BCUT2D eigenvalue weighted by Gasteiger charge is 2.43. The maximum Gasteiger partial charge on any atom is 0.411 e. The Labute approximate surface area is 586 Å². The molecule has 0 aromatic carbocycles. The van der Waals surface area contributed by atoms with E-state index in [0.29, 0.717) is 32.8 Å². The van der Waals surface area contributed by atoms with Gasteiger partial charge in [0.05, 0.1) is 66.4 Å². The van der Waals surface area contributed by atoms with Crippen molar-refractivity contribution in [2.24, 2.45) is 30.0 Å². The third-order valence-corrected chi connectivity index (χ3v) is 20.4. The van der Waals surface area contributed by atoms with E-state index in [1.54, 1.807) is 40.0 Å². The summed E-state index contributed by atoms with van der Waals surface area (Å²) in [6, 6.07) is -0.771. The molecule has 2 amide bonds. The number of nitrogens with zero attached hydrogens (tertiary/aromatic N) is 13. The van der Waals surface area contributed by atoms with Crippen LogP contribution >= 0.6 is 71.0 Å². The predicted octanol–water partition coefficient (Wildman–Crippen LogP) is 11.0. The van der Waals surface area contributed by atoms with Crippen LogP contribution in [0.2, 0.25) is 0 Å². The first-order valence-corrected chi connectivity index (χ1v) is 37.8. The number of amidine groups is 1. The predicted molar refractivity (Wildman–Crippen MR) is 394 cm³/mol. The third-order valence-electron chi connectivity index (χ3n) is 14.6. The molecule has 32 heteroatoms. The monoisotopic (exact) mass is 1460 g/mol. The Morgan fingerprint density at radius 1 is 0.628 bits per heavy atom. The van der Waals surface area contributed by atoms with Crippen LogP contribution in [0, 0.1) is 0 Å². The molecule has 13 aliphatic rings. The van der Waals surface area contributed by atoms with E-state index in [1.807, 2.05) is 44.4 Å². The largest absolute Gasteiger partial charge is 0.481 e. The molecular formula is C62H114F6N14O6S6. The lowest BCUT2D eigenvalue weighted by atomic mass is 10.2. The van der Waals surface area contributed by atoms with Gasteiger partial charge in [0.15, 0.2) is 11.9 Å². The van der Waals surface area contributed by atoms with Gasteiger partial charge in [-0.3, -0.25) is 44.5 Å². The molecule has 0 saturated carbocycles. The molecule has 0 bridgehead atoms. The van der Waals surface area contributed by atoms with Crippen molar-refractivity contribution >= 4 is 120 Å². The first-order chi connectivity index (χ1) is 44.5. The maximum atomic E-state index is 11.8. The Morgan fingerprint density at radius 2 is 1.30 bits per heavy atom. The summed E-state index contributed by atoms with van der Waals surface area (Å²) in [4.78, 5) is 59.0. The SMILES string of the molecule is CC1=NC(C(F)(F)F)CS1.CC1=NCC(C(F)(F)F)S1.CC1=NCCC1.CC1=NCCCN1.CC1=NCCCO1.CC1=NCCCS1.CN1C(=O)CSC1=S.CN1CCC1.CN1CCCC1.CN1CCOC1.CN1CCOC1=O.CN1CCSC1.COCC1CCCN1C. The highest BCUT2D eigenvalue weighted by molar-refractivity contribution is 8.24. The zero-order valence-electron chi connectivity index (χ0n) is 58.8. The molecule has 3 unspecified atom stereocenters.